The molecule has 0 aromatic carbocycles. The van der Waals surface area contributed by atoms with Crippen LogP contribution in [0.4, 0.5) is 17.5 Å². The standard InChI is InChI=1S/C18H23N7.C12H17BClN5O.C7H3Cl2N3/c1-25(2)16-6-5-13(12-23-16)14-11-15-17(21-10-9-20-15)18(24-14)22-8-4-3-7-19;1-13(20)18-5-3-2-4-17-12-11-9(8-10(14)19-12)15-6-7-16-11;8-5-3-4-6(7(9)12-5)11-2-1-10-4/h5-6,9-12H,3-4,7-8,19H2,1-2H3,(H,22,24);6-8,18,20H,2-5H2,1H3,(H,17,19);1-3H. The van der Waals surface area contributed by atoms with Crippen molar-refractivity contribution < 1.29 is 5.02 Å². The van der Waals surface area contributed by atoms with Gasteiger partial charge in [0.2, 0.25) is 0 Å². The number of halogens is 3. The number of aromatic nitrogens is 10. The molecule has 0 fully saturated rings. The average Bonchev–Trinajstić information content (AvgIpc) is 3.21. The number of hydrogen-bond acceptors (Lipinski definition) is 16. The zero-order valence-electron chi connectivity index (χ0n) is 31.7. The fourth-order valence-corrected chi connectivity index (χ4v) is 5.91. The van der Waals surface area contributed by atoms with Gasteiger partial charge in [-0.1, -0.05) is 34.8 Å². The number of nitrogens with two attached hydrogens (primary N) is 1. The van der Waals surface area contributed by atoms with Gasteiger partial charge in [-0.25, -0.2) is 34.9 Å². The van der Waals surface area contributed by atoms with E-state index in [1.807, 2.05) is 43.4 Å². The SMILES string of the molecule is CB(O)NCCCCNc1nc(Cl)cc2nccnc12.CN(C)c1ccc(-c2cc3nccnc3c(NCCCCN)n2)cn1.Clc1cc2nccnc2c(Cl)n1. The first-order chi connectivity index (χ1) is 27.6. The molecular formula is C37H43BCl3N15O. The van der Waals surface area contributed by atoms with Gasteiger partial charge in [0.1, 0.15) is 32.7 Å². The Bertz CT molecular complexity index is 2340. The Morgan fingerprint density at radius 2 is 1.18 bits per heavy atom. The Morgan fingerprint density at radius 1 is 0.649 bits per heavy atom. The van der Waals surface area contributed by atoms with Crippen molar-refractivity contribution in [1.82, 2.24) is 55.1 Å². The fourth-order valence-electron chi connectivity index (χ4n) is 5.26. The minimum absolute atomic E-state index is 0.283. The highest BCUT2D eigenvalue weighted by atomic mass is 35.5. The first-order valence-corrected chi connectivity index (χ1v) is 19.3. The van der Waals surface area contributed by atoms with Gasteiger partial charge < -0.3 is 31.5 Å². The molecule has 0 saturated heterocycles. The molecule has 0 spiro atoms. The van der Waals surface area contributed by atoms with E-state index >= 15 is 0 Å². The summed E-state index contributed by atoms with van der Waals surface area (Å²) in [6, 6.07) is 9.26. The highest BCUT2D eigenvalue weighted by Crippen LogP contribution is 2.26. The molecule has 57 heavy (non-hydrogen) atoms. The van der Waals surface area contributed by atoms with Crippen LogP contribution in [0.3, 0.4) is 0 Å². The van der Waals surface area contributed by atoms with Crippen LogP contribution in [0.2, 0.25) is 22.3 Å². The Morgan fingerprint density at radius 3 is 1.75 bits per heavy atom. The fraction of sp³-hybridized carbons (Fsp3) is 0.297. The van der Waals surface area contributed by atoms with Gasteiger partial charge in [0.25, 0.3) is 0 Å². The number of unbranched alkanes of at least 4 members (excludes halogenated alkanes) is 2. The number of anilines is 3. The van der Waals surface area contributed by atoms with E-state index in [0.717, 1.165) is 90.3 Å². The Labute approximate surface area is 345 Å². The summed E-state index contributed by atoms with van der Waals surface area (Å²) in [5.41, 5.74) is 11.6. The molecule has 0 amide bonds. The van der Waals surface area contributed by atoms with Gasteiger partial charge >= 0.3 is 7.05 Å². The van der Waals surface area contributed by atoms with Gasteiger partial charge in [-0.3, -0.25) is 15.0 Å². The molecule has 0 unspecified atom stereocenters. The summed E-state index contributed by atoms with van der Waals surface area (Å²) in [5.74, 6) is 2.31. The number of nitrogens with one attached hydrogen (secondary N) is 3. The molecule has 296 valence electrons. The number of nitrogens with zero attached hydrogens (tertiary/aromatic N) is 11. The van der Waals surface area contributed by atoms with E-state index < -0.39 is 7.05 Å². The summed E-state index contributed by atoms with van der Waals surface area (Å²) in [6.07, 6.45) is 15.5. The summed E-state index contributed by atoms with van der Waals surface area (Å²) >= 11 is 17.4. The molecule has 16 nitrogen and oxygen atoms in total. The van der Waals surface area contributed by atoms with Crippen LogP contribution in [0, 0.1) is 0 Å². The van der Waals surface area contributed by atoms with Gasteiger partial charge in [-0.05, 0) is 63.8 Å². The third-order valence-electron chi connectivity index (χ3n) is 8.03. The van der Waals surface area contributed by atoms with Gasteiger partial charge in [0.15, 0.2) is 16.8 Å². The maximum atomic E-state index is 9.07. The van der Waals surface area contributed by atoms with Crippen molar-refractivity contribution in [2.75, 3.05) is 55.8 Å². The summed E-state index contributed by atoms with van der Waals surface area (Å²) in [7, 11) is 3.47. The molecule has 20 heteroatoms. The van der Waals surface area contributed by atoms with Crippen molar-refractivity contribution in [1.29, 1.82) is 0 Å². The van der Waals surface area contributed by atoms with Crippen molar-refractivity contribution in [3.05, 3.63) is 89.2 Å². The van der Waals surface area contributed by atoms with E-state index in [2.05, 4.69) is 60.7 Å². The second kappa shape index (κ2) is 22.0. The average molecular weight is 831 g/mol. The van der Waals surface area contributed by atoms with Gasteiger partial charge in [0, 0.05) is 88.3 Å². The Hall–Kier alpha value is -5.17. The van der Waals surface area contributed by atoms with Crippen LogP contribution in [0.5, 0.6) is 0 Å². The van der Waals surface area contributed by atoms with Crippen LogP contribution >= 0.6 is 34.8 Å². The lowest BCUT2D eigenvalue weighted by molar-refractivity contribution is 0.549. The van der Waals surface area contributed by atoms with Crippen molar-refractivity contribution in [2.45, 2.75) is 32.5 Å². The first-order valence-electron chi connectivity index (χ1n) is 18.2. The van der Waals surface area contributed by atoms with E-state index in [1.54, 1.807) is 56.1 Å². The van der Waals surface area contributed by atoms with Crippen molar-refractivity contribution in [3.8, 4) is 11.3 Å². The highest BCUT2D eigenvalue weighted by molar-refractivity contribution is 6.45. The van der Waals surface area contributed by atoms with Gasteiger partial charge in [0.05, 0.1) is 22.2 Å². The van der Waals surface area contributed by atoms with E-state index in [0.29, 0.717) is 33.7 Å². The lowest BCUT2D eigenvalue weighted by atomic mass is 9.89. The summed E-state index contributed by atoms with van der Waals surface area (Å²) in [4.78, 5) is 44.6. The number of rotatable bonds is 14. The van der Waals surface area contributed by atoms with Crippen LogP contribution < -0.4 is 26.5 Å². The largest absolute Gasteiger partial charge is 0.437 e. The molecule has 0 radical (unpaired) electrons. The van der Waals surface area contributed by atoms with Crippen molar-refractivity contribution in [2.24, 2.45) is 5.73 Å². The lowest BCUT2D eigenvalue weighted by Crippen LogP contribution is -2.31. The summed E-state index contributed by atoms with van der Waals surface area (Å²) in [5, 5.41) is 19.6. The highest BCUT2D eigenvalue weighted by Gasteiger charge is 2.11. The minimum atomic E-state index is -0.461. The number of pyridine rings is 4. The molecule has 6 N–H and O–H groups in total. The first kappa shape index (κ1) is 43.0. The second-order valence-corrected chi connectivity index (χ2v) is 13.8. The van der Waals surface area contributed by atoms with Crippen LogP contribution in [0.25, 0.3) is 44.4 Å². The third-order valence-corrected chi connectivity index (χ3v) is 8.68. The maximum absolute atomic E-state index is 9.07. The number of fused-ring (bicyclic) bond motifs is 3. The molecule has 0 atom stereocenters. The normalized spacial score (nSPS) is 10.7. The molecule has 0 aliphatic carbocycles. The molecule has 0 aliphatic rings. The minimum Gasteiger partial charge on any atom is -0.437 e. The quantitative estimate of drug-likeness (QED) is 0.0468. The predicted octanol–water partition coefficient (Wildman–Crippen LogP) is 6.21. The van der Waals surface area contributed by atoms with Crippen LogP contribution in [0.1, 0.15) is 25.7 Å². The smallest absolute Gasteiger partial charge is 0.373 e. The molecule has 7 rings (SSSR count). The zero-order valence-corrected chi connectivity index (χ0v) is 34.0. The molecular weight excluding hydrogens is 788 g/mol. The summed E-state index contributed by atoms with van der Waals surface area (Å²) in [6.45, 7) is 4.75. The van der Waals surface area contributed by atoms with Crippen LogP contribution in [-0.2, 0) is 0 Å². The summed E-state index contributed by atoms with van der Waals surface area (Å²) < 4.78 is 0. The molecule has 7 heterocycles. The molecule has 0 aliphatic heterocycles. The molecule has 7 aromatic rings. The monoisotopic (exact) mass is 829 g/mol. The van der Waals surface area contributed by atoms with Gasteiger partial charge in [-0.2, -0.15) is 0 Å². The van der Waals surface area contributed by atoms with E-state index in [1.165, 1.54) is 0 Å². The lowest BCUT2D eigenvalue weighted by Gasteiger charge is -2.12. The van der Waals surface area contributed by atoms with Gasteiger partial charge in [-0.15, -0.1) is 0 Å². The van der Waals surface area contributed by atoms with E-state index in [9.17, 15) is 0 Å². The Kier molecular flexibility index (Phi) is 16.5. The Balaban J connectivity index is 0.000000173. The van der Waals surface area contributed by atoms with E-state index in [4.69, 9.17) is 50.5 Å². The van der Waals surface area contributed by atoms with Crippen molar-refractivity contribution >= 4 is 92.4 Å². The molecule has 7 aromatic heterocycles. The van der Waals surface area contributed by atoms with Crippen molar-refractivity contribution in [3.63, 3.8) is 0 Å². The maximum Gasteiger partial charge on any atom is 0.373 e. The van der Waals surface area contributed by atoms with E-state index in [-0.39, 0.29) is 5.15 Å². The third kappa shape index (κ3) is 12.9. The van der Waals surface area contributed by atoms with Crippen LogP contribution in [0.15, 0.2) is 73.7 Å². The number of hydrogen-bond donors (Lipinski definition) is 5. The zero-order chi connectivity index (χ0) is 40.6. The molecule has 0 bridgehead atoms. The topological polar surface area (TPSA) is 214 Å². The molecule has 0 saturated carbocycles. The van der Waals surface area contributed by atoms with Crippen LogP contribution in [-0.4, -0.2) is 102 Å². The predicted molar refractivity (Wildman–Crippen MR) is 231 cm³/mol. The second-order valence-electron chi connectivity index (χ2n) is 12.6.